The van der Waals surface area contributed by atoms with Crippen LogP contribution in [0.15, 0.2) is 36.4 Å². The van der Waals surface area contributed by atoms with Crippen molar-refractivity contribution in [1.29, 1.82) is 0 Å². The predicted molar refractivity (Wildman–Crippen MR) is 120 cm³/mol. The summed E-state index contributed by atoms with van der Waals surface area (Å²) in [5, 5.41) is 12.2. The van der Waals surface area contributed by atoms with E-state index in [0.717, 1.165) is 29.0 Å². The summed E-state index contributed by atoms with van der Waals surface area (Å²) in [5.74, 6) is 0.429. The maximum Gasteiger partial charge on any atom is 0.416 e. The van der Waals surface area contributed by atoms with Crippen LogP contribution in [0.4, 0.5) is 24.3 Å². The molecule has 0 unspecified atom stereocenters. The van der Waals surface area contributed by atoms with Crippen molar-refractivity contribution in [2.24, 2.45) is 7.05 Å². The number of nitrogens with zero attached hydrogens (tertiary/aromatic N) is 3. The largest absolute Gasteiger partial charge is 0.416 e. The first-order valence-electron chi connectivity index (χ1n) is 10.2. The molecule has 7 nitrogen and oxygen atoms in total. The molecule has 0 atom stereocenters. The molecule has 0 amide bonds. The zero-order valence-corrected chi connectivity index (χ0v) is 18.5. The molecule has 0 bridgehead atoms. The zero-order valence-electron chi connectivity index (χ0n) is 17.6. The minimum atomic E-state index is -4.41. The second-order valence-corrected chi connectivity index (χ2v) is 8.42. The van der Waals surface area contributed by atoms with Crippen molar-refractivity contribution >= 4 is 49.4 Å². The van der Waals surface area contributed by atoms with Crippen molar-refractivity contribution in [3.05, 3.63) is 47.5 Å². The third-order valence-corrected chi connectivity index (χ3v) is 6.00. The van der Waals surface area contributed by atoms with Gasteiger partial charge in [0.2, 0.25) is 5.95 Å². The zero-order chi connectivity index (χ0) is 23.6. The number of rotatable bonds is 9. The summed E-state index contributed by atoms with van der Waals surface area (Å²) in [5.41, 5.74) is 1.69. The molecule has 4 aromatic rings. The van der Waals surface area contributed by atoms with Crippen LogP contribution in [-0.4, -0.2) is 45.2 Å². The fraction of sp³-hybridized carbons (Fsp3) is 0.318. The van der Waals surface area contributed by atoms with Gasteiger partial charge in [0.05, 0.1) is 40.0 Å². The Kier molecular flexibility index (Phi) is 6.63. The van der Waals surface area contributed by atoms with Gasteiger partial charge in [0, 0.05) is 25.6 Å². The lowest BCUT2D eigenvalue weighted by atomic mass is 10.1. The van der Waals surface area contributed by atoms with Gasteiger partial charge in [0.15, 0.2) is 10.9 Å². The Balaban J connectivity index is 1.51. The highest BCUT2D eigenvalue weighted by Gasteiger charge is 2.30. The van der Waals surface area contributed by atoms with Crippen LogP contribution >= 0.6 is 11.3 Å². The van der Waals surface area contributed by atoms with E-state index in [9.17, 15) is 18.0 Å². The molecule has 0 fully saturated rings. The Morgan fingerprint density at radius 3 is 2.73 bits per heavy atom. The third kappa shape index (κ3) is 5.15. The van der Waals surface area contributed by atoms with Gasteiger partial charge in [0.1, 0.15) is 0 Å². The van der Waals surface area contributed by atoms with Crippen molar-refractivity contribution in [2.45, 2.75) is 19.0 Å². The molecule has 2 N–H and O–H groups in total. The van der Waals surface area contributed by atoms with Gasteiger partial charge in [-0.2, -0.15) is 13.2 Å². The lowest BCUT2D eigenvalue weighted by molar-refractivity contribution is -0.137. The molecule has 2 heterocycles. The molecule has 0 aliphatic rings. The molecule has 0 aliphatic carbocycles. The second-order valence-electron chi connectivity index (χ2n) is 7.38. The Hall–Kier alpha value is -3.02. The molecule has 0 saturated carbocycles. The minimum absolute atomic E-state index is 0.0312. The summed E-state index contributed by atoms with van der Waals surface area (Å²) in [4.78, 5) is 21.3. The van der Waals surface area contributed by atoms with E-state index in [2.05, 4.69) is 15.3 Å². The number of hydrogen-bond acceptors (Lipinski definition) is 7. The molecule has 33 heavy (non-hydrogen) atoms. The van der Waals surface area contributed by atoms with Crippen LogP contribution in [-0.2, 0) is 18.0 Å². The molecule has 174 valence electrons. The number of ketones is 1. The number of nitrogens with one attached hydrogen (secondary N) is 1. The monoisotopic (exact) mass is 478 g/mol. The highest BCUT2D eigenvalue weighted by atomic mass is 32.1. The molecule has 2 aromatic carbocycles. The van der Waals surface area contributed by atoms with E-state index in [4.69, 9.17) is 9.84 Å². The summed E-state index contributed by atoms with van der Waals surface area (Å²) >= 11 is 1.11. The third-order valence-electron chi connectivity index (χ3n) is 5.07. The fourth-order valence-electron chi connectivity index (χ4n) is 3.38. The Bertz CT molecular complexity index is 1300. The summed E-state index contributed by atoms with van der Waals surface area (Å²) in [6, 6.07) is 8.70. The molecule has 0 aliphatic heterocycles. The number of ether oxygens (including phenoxy) is 1. The number of aromatic nitrogens is 3. The van der Waals surface area contributed by atoms with Gasteiger partial charge in [-0.15, -0.1) is 0 Å². The van der Waals surface area contributed by atoms with E-state index in [1.165, 1.54) is 6.07 Å². The Morgan fingerprint density at radius 1 is 1.15 bits per heavy atom. The minimum Gasteiger partial charge on any atom is -0.394 e. The molecular formula is C22H21F3N4O3S. The summed E-state index contributed by atoms with van der Waals surface area (Å²) in [6.45, 7) is 0.604. The smallest absolute Gasteiger partial charge is 0.394 e. The lowest BCUT2D eigenvalue weighted by Gasteiger charge is -2.04. The van der Waals surface area contributed by atoms with E-state index >= 15 is 0 Å². The molecular weight excluding hydrogens is 457 g/mol. The van der Waals surface area contributed by atoms with Crippen molar-refractivity contribution in [2.75, 3.05) is 25.1 Å². The normalized spacial score (nSPS) is 12.0. The number of aryl methyl sites for hydroxylation is 1. The number of hydrogen-bond donors (Lipinski definition) is 2. The first-order chi connectivity index (χ1) is 15.8. The number of carbonyl (C=O) groups is 1. The topological polar surface area (TPSA) is 89.3 Å². The number of imidazole rings is 1. The number of halogens is 3. The van der Waals surface area contributed by atoms with E-state index in [-0.39, 0.29) is 19.0 Å². The van der Waals surface area contributed by atoms with Crippen molar-refractivity contribution in [3.63, 3.8) is 0 Å². The van der Waals surface area contributed by atoms with E-state index in [1.54, 1.807) is 29.8 Å². The summed E-state index contributed by atoms with van der Waals surface area (Å²) < 4.78 is 46.3. The van der Waals surface area contributed by atoms with Crippen molar-refractivity contribution in [1.82, 2.24) is 14.5 Å². The number of alkyl halides is 3. The Morgan fingerprint density at radius 2 is 1.97 bits per heavy atom. The Labute approximate surface area is 190 Å². The number of anilines is 2. The second kappa shape index (κ2) is 9.46. The average Bonchev–Trinajstić information content (AvgIpc) is 3.32. The quantitative estimate of drug-likeness (QED) is 0.262. The van der Waals surface area contributed by atoms with Crippen molar-refractivity contribution < 1.29 is 27.8 Å². The van der Waals surface area contributed by atoms with Gasteiger partial charge >= 0.3 is 6.18 Å². The maximum atomic E-state index is 13.0. The molecule has 0 radical (unpaired) electrons. The number of thiazole rings is 1. The van der Waals surface area contributed by atoms with Crippen molar-refractivity contribution in [3.8, 4) is 0 Å². The van der Waals surface area contributed by atoms with Crippen LogP contribution < -0.4 is 5.32 Å². The molecule has 0 saturated heterocycles. The first-order valence-corrected chi connectivity index (χ1v) is 11.0. The van der Waals surface area contributed by atoms with Gasteiger partial charge in [-0.1, -0.05) is 11.3 Å². The highest BCUT2D eigenvalue weighted by molar-refractivity contribution is 7.22. The van der Waals surface area contributed by atoms with Gasteiger partial charge in [-0.3, -0.25) is 4.79 Å². The van der Waals surface area contributed by atoms with Crippen LogP contribution in [0.3, 0.4) is 0 Å². The predicted octanol–water partition coefficient (Wildman–Crippen LogP) is 4.92. The molecule has 2 aromatic heterocycles. The number of aliphatic hydroxyl groups excluding tert-OH is 1. The lowest BCUT2D eigenvalue weighted by Crippen LogP contribution is -2.04. The van der Waals surface area contributed by atoms with E-state index in [1.807, 2.05) is 0 Å². The summed E-state index contributed by atoms with van der Waals surface area (Å²) in [7, 11) is 1.80. The van der Waals surface area contributed by atoms with Crippen LogP contribution in [0, 0.1) is 0 Å². The number of fused-ring (bicyclic) bond motifs is 2. The van der Waals surface area contributed by atoms with Crippen LogP contribution in [0.5, 0.6) is 0 Å². The molecule has 0 spiro atoms. The fourth-order valence-corrected chi connectivity index (χ4v) is 4.28. The SMILES string of the molecule is Cn1c(Nc2nc3ccc(C(F)(F)F)cc3s2)nc2cc(C(=O)CCCOCCO)ccc21. The first kappa shape index (κ1) is 23.1. The number of Topliss-reactive ketones (excluding diaryl/α,β-unsaturated/α-hetero) is 1. The number of aliphatic hydroxyl groups is 1. The van der Waals surface area contributed by atoms with Crippen LogP contribution in [0.1, 0.15) is 28.8 Å². The van der Waals surface area contributed by atoms with Gasteiger partial charge in [0.25, 0.3) is 0 Å². The standard InChI is InChI=1S/C22H21F3N4O3S/c1-29-17-7-4-13(18(31)3-2-9-32-10-8-30)11-16(17)26-20(29)28-21-27-15-6-5-14(22(23,24)25)12-19(15)33-21/h4-7,11-12,30H,2-3,8-10H2,1H3,(H,26,27,28). The number of benzene rings is 2. The van der Waals surface area contributed by atoms with E-state index in [0.29, 0.717) is 51.8 Å². The maximum absolute atomic E-state index is 13.0. The highest BCUT2D eigenvalue weighted by Crippen LogP contribution is 2.35. The molecule has 4 rings (SSSR count). The van der Waals surface area contributed by atoms with Crippen LogP contribution in [0.2, 0.25) is 0 Å². The van der Waals surface area contributed by atoms with E-state index < -0.39 is 11.7 Å². The van der Waals surface area contributed by atoms with Crippen LogP contribution in [0.25, 0.3) is 21.3 Å². The van der Waals surface area contributed by atoms with Gasteiger partial charge < -0.3 is 19.7 Å². The van der Waals surface area contributed by atoms with Gasteiger partial charge in [-0.05, 0) is 42.8 Å². The summed E-state index contributed by atoms with van der Waals surface area (Å²) in [6.07, 6.45) is -3.54. The number of carbonyl (C=O) groups excluding carboxylic acids is 1. The molecule has 11 heteroatoms. The van der Waals surface area contributed by atoms with Gasteiger partial charge in [-0.25, -0.2) is 9.97 Å². The average molecular weight is 478 g/mol.